The number of pyridine rings is 1. The van der Waals surface area contributed by atoms with E-state index in [1.54, 1.807) is 30.3 Å². The average Bonchev–Trinajstić information content (AvgIpc) is 2.29. The first kappa shape index (κ1) is 10.5. The van der Waals surface area contributed by atoms with Gasteiger partial charge in [0.25, 0.3) is 0 Å². The van der Waals surface area contributed by atoms with Crippen molar-refractivity contribution in [1.82, 2.24) is 4.98 Å². The summed E-state index contributed by atoms with van der Waals surface area (Å²) in [6, 6.07) is 14.5. The Morgan fingerprint density at radius 3 is 2.75 bits per heavy atom. The number of hydrogen-bond donors (Lipinski definition) is 1. The smallest absolute Gasteiger partial charge is 0.142 e. The van der Waals surface area contributed by atoms with Gasteiger partial charge in [0.1, 0.15) is 17.6 Å². The summed E-state index contributed by atoms with van der Waals surface area (Å²) in [7, 11) is 0. The van der Waals surface area contributed by atoms with Crippen LogP contribution >= 0.6 is 11.6 Å². The van der Waals surface area contributed by atoms with Crippen LogP contribution < -0.4 is 5.32 Å². The van der Waals surface area contributed by atoms with Crippen molar-refractivity contribution in [3.05, 3.63) is 53.2 Å². The molecule has 0 aliphatic carbocycles. The fourth-order valence-corrected chi connectivity index (χ4v) is 1.47. The molecule has 0 amide bonds. The zero-order valence-corrected chi connectivity index (χ0v) is 9.07. The van der Waals surface area contributed by atoms with Gasteiger partial charge in [-0.15, -0.1) is 0 Å². The first-order chi connectivity index (χ1) is 7.78. The molecule has 0 radical (unpaired) electrons. The largest absolute Gasteiger partial charge is 0.340 e. The van der Waals surface area contributed by atoms with E-state index < -0.39 is 0 Å². The van der Waals surface area contributed by atoms with Crippen LogP contribution in [-0.2, 0) is 0 Å². The van der Waals surface area contributed by atoms with E-state index in [0.29, 0.717) is 16.5 Å². The highest BCUT2D eigenvalue weighted by atomic mass is 35.5. The van der Waals surface area contributed by atoms with Gasteiger partial charge in [0.05, 0.1) is 0 Å². The molecule has 2 aromatic rings. The number of hydrogen-bond acceptors (Lipinski definition) is 3. The minimum atomic E-state index is 0.382. The van der Waals surface area contributed by atoms with E-state index in [1.165, 1.54) is 0 Å². The molecule has 0 saturated heterocycles. The molecule has 0 saturated carbocycles. The molecule has 0 spiro atoms. The maximum Gasteiger partial charge on any atom is 0.142 e. The lowest BCUT2D eigenvalue weighted by Gasteiger charge is -2.05. The van der Waals surface area contributed by atoms with Crippen LogP contribution in [-0.4, -0.2) is 4.98 Å². The first-order valence-electron chi connectivity index (χ1n) is 4.68. The van der Waals surface area contributed by atoms with Gasteiger partial charge in [-0.2, -0.15) is 5.26 Å². The summed E-state index contributed by atoms with van der Waals surface area (Å²) in [6.07, 6.45) is 0. The van der Waals surface area contributed by atoms with Crippen molar-refractivity contribution < 1.29 is 0 Å². The molecule has 3 nitrogen and oxygen atoms in total. The van der Waals surface area contributed by atoms with Gasteiger partial charge in [0.15, 0.2) is 0 Å². The second kappa shape index (κ2) is 4.65. The molecular weight excluding hydrogens is 222 g/mol. The number of nitrogens with one attached hydrogen (secondary N) is 1. The second-order valence-corrected chi connectivity index (χ2v) is 3.59. The molecule has 1 heterocycles. The van der Waals surface area contributed by atoms with Crippen LogP contribution in [0.4, 0.5) is 11.5 Å². The summed E-state index contributed by atoms with van der Waals surface area (Å²) < 4.78 is 0. The van der Waals surface area contributed by atoms with Gasteiger partial charge in [0, 0.05) is 10.7 Å². The molecule has 1 aromatic heterocycles. The summed E-state index contributed by atoms with van der Waals surface area (Å²) >= 11 is 5.86. The van der Waals surface area contributed by atoms with Crippen LogP contribution in [0.2, 0.25) is 5.02 Å². The fourth-order valence-electron chi connectivity index (χ4n) is 1.28. The third-order valence-electron chi connectivity index (χ3n) is 1.96. The van der Waals surface area contributed by atoms with Crippen molar-refractivity contribution in [3.63, 3.8) is 0 Å². The Morgan fingerprint density at radius 1 is 1.19 bits per heavy atom. The third kappa shape index (κ3) is 2.50. The van der Waals surface area contributed by atoms with Crippen LogP contribution in [0.3, 0.4) is 0 Å². The van der Waals surface area contributed by atoms with Gasteiger partial charge < -0.3 is 5.32 Å². The Kier molecular flexibility index (Phi) is 3.04. The molecule has 0 aliphatic rings. The zero-order chi connectivity index (χ0) is 11.4. The predicted octanol–water partition coefficient (Wildman–Crippen LogP) is 3.35. The summed E-state index contributed by atoms with van der Waals surface area (Å²) in [5.74, 6) is 0.626. The van der Waals surface area contributed by atoms with Gasteiger partial charge in [-0.25, -0.2) is 4.98 Å². The van der Waals surface area contributed by atoms with E-state index in [9.17, 15) is 0 Å². The Balaban J connectivity index is 2.24. The summed E-state index contributed by atoms with van der Waals surface area (Å²) in [5.41, 5.74) is 1.22. The number of aromatic nitrogens is 1. The molecule has 0 unspecified atom stereocenters. The lowest BCUT2D eigenvalue weighted by molar-refractivity contribution is 1.25. The number of nitriles is 1. The Labute approximate surface area is 98.3 Å². The van der Waals surface area contributed by atoms with Gasteiger partial charge >= 0.3 is 0 Å². The van der Waals surface area contributed by atoms with Crippen LogP contribution in [0.1, 0.15) is 5.69 Å². The predicted molar refractivity (Wildman–Crippen MR) is 63.7 cm³/mol. The third-order valence-corrected chi connectivity index (χ3v) is 2.20. The molecule has 0 aliphatic heterocycles. The van der Waals surface area contributed by atoms with E-state index in [1.807, 2.05) is 18.2 Å². The second-order valence-electron chi connectivity index (χ2n) is 3.16. The van der Waals surface area contributed by atoms with Crippen LogP contribution in [0, 0.1) is 11.3 Å². The Morgan fingerprint density at radius 2 is 2.00 bits per heavy atom. The lowest BCUT2D eigenvalue weighted by atomic mass is 10.3. The number of anilines is 2. The molecule has 1 N–H and O–H groups in total. The standard InChI is InChI=1S/C12H8ClN3/c13-9-3-1-4-10(7-9)15-12-6-2-5-11(8-14)16-12/h1-7H,(H,15,16). The Hall–Kier alpha value is -2.05. The normalized spacial score (nSPS) is 9.50. The minimum absolute atomic E-state index is 0.382. The number of benzene rings is 1. The highest BCUT2D eigenvalue weighted by Crippen LogP contribution is 2.18. The topological polar surface area (TPSA) is 48.7 Å². The van der Waals surface area contributed by atoms with Gasteiger partial charge in [-0.3, -0.25) is 0 Å². The highest BCUT2D eigenvalue weighted by Gasteiger charge is 1.98. The molecule has 78 valence electrons. The van der Waals surface area contributed by atoms with Crippen molar-refractivity contribution in [2.24, 2.45) is 0 Å². The van der Waals surface area contributed by atoms with Crippen molar-refractivity contribution in [2.75, 3.05) is 5.32 Å². The zero-order valence-electron chi connectivity index (χ0n) is 8.31. The first-order valence-corrected chi connectivity index (χ1v) is 5.05. The highest BCUT2D eigenvalue weighted by molar-refractivity contribution is 6.30. The molecule has 16 heavy (non-hydrogen) atoms. The summed E-state index contributed by atoms with van der Waals surface area (Å²) in [4.78, 5) is 4.10. The van der Waals surface area contributed by atoms with Crippen LogP contribution in [0.5, 0.6) is 0 Å². The molecule has 0 fully saturated rings. The number of rotatable bonds is 2. The van der Waals surface area contributed by atoms with E-state index in [-0.39, 0.29) is 0 Å². The van der Waals surface area contributed by atoms with Gasteiger partial charge in [-0.1, -0.05) is 23.7 Å². The Bertz CT molecular complexity index is 546. The van der Waals surface area contributed by atoms with Crippen molar-refractivity contribution in [1.29, 1.82) is 5.26 Å². The van der Waals surface area contributed by atoms with Crippen LogP contribution in [0.25, 0.3) is 0 Å². The van der Waals surface area contributed by atoms with E-state index in [0.717, 1.165) is 5.69 Å². The fraction of sp³-hybridized carbons (Fsp3) is 0. The van der Waals surface area contributed by atoms with Crippen LogP contribution in [0.15, 0.2) is 42.5 Å². The van der Waals surface area contributed by atoms with Gasteiger partial charge in [0.2, 0.25) is 0 Å². The van der Waals surface area contributed by atoms with Crippen molar-refractivity contribution in [2.45, 2.75) is 0 Å². The molecule has 1 aromatic carbocycles. The maximum absolute atomic E-state index is 8.71. The lowest BCUT2D eigenvalue weighted by Crippen LogP contribution is -1.94. The molecule has 4 heteroatoms. The average molecular weight is 230 g/mol. The summed E-state index contributed by atoms with van der Waals surface area (Å²) in [5, 5.41) is 12.4. The minimum Gasteiger partial charge on any atom is -0.340 e. The van der Waals surface area contributed by atoms with E-state index in [4.69, 9.17) is 16.9 Å². The quantitative estimate of drug-likeness (QED) is 0.859. The SMILES string of the molecule is N#Cc1cccc(Nc2cccc(Cl)c2)n1. The molecule has 0 bridgehead atoms. The molecule has 2 rings (SSSR count). The number of halogens is 1. The number of nitrogens with zero attached hydrogens (tertiary/aromatic N) is 2. The molecular formula is C12H8ClN3. The van der Waals surface area contributed by atoms with E-state index >= 15 is 0 Å². The van der Waals surface area contributed by atoms with Crippen molar-refractivity contribution in [3.8, 4) is 6.07 Å². The van der Waals surface area contributed by atoms with Gasteiger partial charge in [-0.05, 0) is 30.3 Å². The monoisotopic (exact) mass is 229 g/mol. The summed E-state index contributed by atoms with van der Waals surface area (Å²) in [6.45, 7) is 0. The van der Waals surface area contributed by atoms with Crippen molar-refractivity contribution >= 4 is 23.1 Å². The maximum atomic E-state index is 8.71. The molecule has 0 atom stereocenters. The van der Waals surface area contributed by atoms with E-state index in [2.05, 4.69) is 10.3 Å².